The average Bonchev–Trinajstić information content (AvgIpc) is 2.40. The van der Waals surface area contributed by atoms with Crippen molar-refractivity contribution in [2.24, 2.45) is 0 Å². The lowest BCUT2D eigenvalue weighted by molar-refractivity contribution is 0.0696. The number of carboxylic acid groups (broad SMARTS) is 1. The van der Waals surface area contributed by atoms with E-state index in [9.17, 15) is 4.79 Å². The zero-order valence-electron chi connectivity index (χ0n) is 10.8. The first-order chi connectivity index (χ1) is 9.58. The molecule has 0 aliphatic heterocycles. The smallest absolute Gasteiger partial charge is 0.335 e. The van der Waals surface area contributed by atoms with E-state index in [1.165, 1.54) is 12.1 Å². The minimum Gasteiger partial charge on any atom is -0.494 e. The second kappa shape index (κ2) is 6.43. The highest BCUT2D eigenvalue weighted by molar-refractivity contribution is 9.10. The predicted octanol–water partition coefficient (Wildman–Crippen LogP) is 4.34. The summed E-state index contributed by atoms with van der Waals surface area (Å²) in [6.45, 7) is 2.52. The van der Waals surface area contributed by atoms with Gasteiger partial charge in [-0.15, -0.1) is 0 Å². The van der Waals surface area contributed by atoms with E-state index in [-0.39, 0.29) is 5.56 Å². The van der Waals surface area contributed by atoms with Crippen molar-refractivity contribution in [2.75, 3.05) is 6.61 Å². The van der Waals surface area contributed by atoms with Crippen molar-refractivity contribution < 1.29 is 19.4 Å². The first-order valence-corrected chi connectivity index (χ1v) is 6.82. The molecule has 0 heterocycles. The van der Waals surface area contributed by atoms with E-state index in [0.717, 1.165) is 5.75 Å². The van der Waals surface area contributed by atoms with Crippen LogP contribution in [0.25, 0.3) is 0 Å². The Balaban J connectivity index is 2.19. The van der Waals surface area contributed by atoms with E-state index in [0.29, 0.717) is 22.6 Å². The Kier molecular flexibility index (Phi) is 4.63. The largest absolute Gasteiger partial charge is 0.494 e. The van der Waals surface area contributed by atoms with Gasteiger partial charge in [0.15, 0.2) is 0 Å². The van der Waals surface area contributed by atoms with Crippen molar-refractivity contribution >= 4 is 21.9 Å². The molecule has 2 aromatic carbocycles. The molecule has 2 aromatic rings. The van der Waals surface area contributed by atoms with Crippen LogP contribution in [0.15, 0.2) is 46.9 Å². The van der Waals surface area contributed by atoms with Crippen LogP contribution < -0.4 is 9.47 Å². The maximum atomic E-state index is 11.0. The monoisotopic (exact) mass is 336 g/mol. The third-order valence-electron chi connectivity index (χ3n) is 2.49. The molecule has 0 unspecified atom stereocenters. The normalized spacial score (nSPS) is 10.1. The predicted molar refractivity (Wildman–Crippen MR) is 78.8 cm³/mol. The molecule has 0 saturated heterocycles. The van der Waals surface area contributed by atoms with Crippen LogP contribution in [0.3, 0.4) is 0 Å². The molecule has 0 radical (unpaired) electrons. The van der Waals surface area contributed by atoms with Crippen molar-refractivity contribution in [1.29, 1.82) is 0 Å². The second-order valence-corrected chi connectivity index (χ2v) is 4.90. The summed E-state index contributed by atoms with van der Waals surface area (Å²) in [4.78, 5) is 11.0. The second-order valence-electron chi connectivity index (χ2n) is 3.99. The number of carboxylic acids is 1. The number of halogens is 1. The van der Waals surface area contributed by atoms with E-state index in [1.54, 1.807) is 30.3 Å². The molecule has 0 bridgehead atoms. The van der Waals surface area contributed by atoms with Gasteiger partial charge in [-0.25, -0.2) is 4.79 Å². The van der Waals surface area contributed by atoms with Crippen molar-refractivity contribution in [2.45, 2.75) is 6.92 Å². The lowest BCUT2D eigenvalue weighted by Crippen LogP contribution is -1.97. The maximum Gasteiger partial charge on any atom is 0.335 e. The Hall–Kier alpha value is -2.01. The average molecular weight is 337 g/mol. The molecule has 0 spiro atoms. The molecule has 0 atom stereocenters. The van der Waals surface area contributed by atoms with Crippen LogP contribution in [0.1, 0.15) is 17.3 Å². The van der Waals surface area contributed by atoms with Crippen LogP contribution in [-0.4, -0.2) is 17.7 Å². The number of hydrogen-bond acceptors (Lipinski definition) is 3. The molecule has 1 N–H and O–H groups in total. The quantitative estimate of drug-likeness (QED) is 0.882. The number of benzene rings is 2. The van der Waals surface area contributed by atoms with E-state index < -0.39 is 5.97 Å². The van der Waals surface area contributed by atoms with Crippen LogP contribution in [0.4, 0.5) is 0 Å². The maximum absolute atomic E-state index is 11.0. The highest BCUT2D eigenvalue weighted by Crippen LogP contribution is 2.27. The summed E-state index contributed by atoms with van der Waals surface area (Å²) in [5.41, 5.74) is 0.167. The molecular formula is C15H13BrO4. The third kappa shape index (κ3) is 3.74. The fraction of sp³-hybridized carbons (Fsp3) is 0.133. The van der Waals surface area contributed by atoms with E-state index in [1.807, 2.05) is 6.92 Å². The SMILES string of the molecule is CCOc1ccc(Oc2cc(Br)cc(C(=O)O)c2)cc1. The lowest BCUT2D eigenvalue weighted by atomic mass is 10.2. The third-order valence-corrected chi connectivity index (χ3v) is 2.95. The van der Waals surface area contributed by atoms with Gasteiger partial charge in [0.1, 0.15) is 17.2 Å². The molecule has 0 aromatic heterocycles. The van der Waals surface area contributed by atoms with Gasteiger partial charge in [0.05, 0.1) is 12.2 Å². The van der Waals surface area contributed by atoms with Crippen LogP contribution in [0.2, 0.25) is 0 Å². The molecule has 4 nitrogen and oxygen atoms in total. The van der Waals surface area contributed by atoms with Crippen LogP contribution >= 0.6 is 15.9 Å². The molecule has 104 valence electrons. The first kappa shape index (κ1) is 14.4. The van der Waals surface area contributed by atoms with Crippen molar-refractivity contribution in [1.82, 2.24) is 0 Å². The fourth-order valence-electron chi connectivity index (χ4n) is 1.65. The van der Waals surface area contributed by atoms with Gasteiger partial charge in [-0.1, -0.05) is 15.9 Å². The summed E-state index contributed by atoms with van der Waals surface area (Å²) in [6, 6.07) is 11.8. The zero-order chi connectivity index (χ0) is 14.5. The van der Waals surface area contributed by atoms with Gasteiger partial charge in [-0.05, 0) is 49.4 Å². The Morgan fingerprint density at radius 2 is 1.75 bits per heavy atom. The lowest BCUT2D eigenvalue weighted by Gasteiger charge is -2.08. The molecule has 2 rings (SSSR count). The first-order valence-electron chi connectivity index (χ1n) is 6.03. The molecule has 0 saturated carbocycles. The van der Waals surface area contributed by atoms with E-state index in [2.05, 4.69) is 15.9 Å². The van der Waals surface area contributed by atoms with Gasteiger partial charge in [-0.2, -0.15) is 0 Å². The molecule has 0 amide bonds. The molecule has 5 heteroatoms. The van der Waals surface area contributed by atoms with Crippen molar-refractivity contribution in [3.8, 4) is 17.2 Å². The Bertz CT molecular complexity index is 608. The standard InChI is InChI=1S/C15H13BrO4/c1-2-19-12-3-5-13(6-4-12)20-14-8-10(15(17)18)7-11(16)9-14/h3-9H,2H2,1H3,(H,17,18). The number of ether oxygens (including phenoxy) is 2. The van der Waals surface area contributed by atoms with Gasteiger partial charge in [0, 0.05) is 4.47 Å². The summed E-state index contributed by atoms with van der Waals surface area (Å²) in [5, 5.41) is 9.00. The van der Waals surface area contributed by atoms with Gasteiger partial charge in [-0.3, -0.25) is 0 Å². The number of rotatable bonds is 5. The molecular weight excluding hydrogens is 324 g/mol. The topological polar surface area (TPSA) is 55.8 Å². The number of carbonyl (C=O) groups is 1. The summed E-state index contributed by atoms with van der Waals surface area (Å²) in [5.74, 6) is 0.840. The Morgan fingerprint density at radius 1 is 1.10 bits per heavy atom. The fourth-order valence-corrected chi connectivity index (χ4v) is 2.12. The van der Waals surface area contributed by atoms with Gasteiger partial charge < -0.3 is 14.6 Å². The molecule has 0 aliphatic carbocycles. The molecule has 0 fully saturated rings. The number of aromatic carboxylic acids is 1. The molecule has 20 heavy (non-hydrogen) atoms. The van der Waals surface area contributed by atoms with E-state index in [4.69, 9.17) is 14.6 Å². The van der Waals surface area contributed by atoms with Gasteiger partial charge in [0.2, 0.25) is 0 Å². The summed E-state index contributed by atoms with van der Waals surface area (Å²) in [6.07, 6.45) is 0. The van der Waals surface area contributed by atoms with Gasteiger partial charge >= 0.3 is 5.97 Å². The van der Waals surface area contributed by atoms with Crippen molar-refractivity contribution in [3.63, 3.8) is 0 Å². The number of hydrogen-bond donors (Lipinski definition) is 1. The zero-order valence-corrected chi connectivity index (χ0v) is 12.4. The molecule has 0 aliphatic rings. The van der Waals surface area contributed by atoms with Crippen LogP contribution in [0, 0.1) is 0 Å². The van der Waals surface area contributed by atoms with Crippen LogP contribution in [0.5, 0.6) is 17.2 Å². The van der Waals surface area contributed by atoms with Crippen molar-refractivity contribution in [3.05, 3.63) is 52.5 Å². The Labute approximate surface area is 125 Å². The summed E-state index contributed by atoms with van der Waals surface area (Å²) < 4.78 is 11.6. The van der Waals surface area contributed by atoms with E-state index >= 15 is 0 Å². The van der Waals surface area contributed by atoms with Gasteiger partial charge in [0.25, 0.3) is 0 Å². The van der Waals surface area contributed by atoms with Crippen LogP contribution in [-0.2, 0) is 0 Å². The minimum absolute atomic E-state index is 0.167. The summed E-state index contributed by atoms with van der Waals surface area (Å²) in [7, 11) is 0. The highest BCUT2D eigenvalue weighted by atomic mass is 79.9. The highest BCUT2D eigenvalue weighted by Gasteiger charge is 2.07. The summed E-state index contributed by atoms with van der Waals surface area (Å²) >= 11 is 3.26. The minimum atomic E-state index is -0.997. The Morgan fingerprint density at radius 3 is 2.35 bits per heavy atom.